The topological polar surface area (TPSA) is 103 Å². The first-order chi connectivity index (χ1) is 15.5. The van der Waals surface area contributed by atoms with E-state index in [0.717, 1.165) is 12.1 Å². The van der Waals surface area contributed by atoms with E-state index >= 15 is 0 Å². The lowest BCUT2D eigenvalue weighted by Crippen LogP contribution is -2.28. The summed E-state index contributed by atoms with van der Waals surface area (Å²) in [4.78, 5) is 20.1. The van der Waals surface area contributed by atoms with Crippen LogP contribution in [0, 0.1) is 5.82 Å². The van der Waals surface area contributed by atoms with Gasteiger partial charge >= 0.3 is 6.18 Å². The Balaban J connectivity index is 1.78. The molecule has 0 fully saturated rings. The molecule has 1 N–H and O–H groups in total. The van der Waals surface area contributed by atoms with Gasteiger partial charge in [-0.15, -0.1) is 0 Å². The van der Waals surface area contributed by atoms with Crippen LogP contribution in [0.4, 0.5) is 23.2 Å². The first-order valence-corrected chi connectivity index (χ1v) is 10.5. The van der Waals surface area contributed by atoms with Crippen molar-refractivity contribution in [2.24, 2.45) is 0 Å². The predicted molar refractivity (Wildman–Crippen MR) is 110 cm³/mol. The summed E-state index contributed by atoms with van der Waals surface area (Å²) in [6.07, 6.45) is -0.557. The van der Waals surface area contributed by atoms with Crippen molar-refractivity contribution in [3.05, 3.63) is 71.7 Å². The number of hydrogen-bond donors (Lipinski definition) is 1. The molecule has 0 aliphatic carbocycles. The molecule has 0 radical (unpaired) electrons. The Hall–Kier alpha value is -3.32. The third-order valence-corrected chi connectivity index (χ3v) is 5.52. The van der Waals surface area contributed by atoms with E-state index in [1.165, 1.54) is 55.5 Å². The molecule has 2 aromatic heterocycles. The summed E-state index contributed by atoms with van der Waals surface area (Å²) in [5.74, 6) is -2.21. The molecule has 13 heteroatoms. The number of alkyl halides is 3. The number of aromatic nitrogens is 3. The number of pyridine rings is 1. The molecule has 0 spiro atoms. The number of hydrogen-bond acceptors (Lipinski definition) is 5. The summed E-state index contributed by atoms with van der Waals surface area (Å²) < 4.78 is 77.6. The standard InChI is InChI=1S/C20H19F4N5O3S/c1-12(13-3-5-16(15(21)9-13)28(2)33(31)32)19(30)26-10-14-4-6-17(20(22,23)24)27-18(14)29-8-7-25-11-29/h3-9,11-12H,10H2,1-2H3,(H,26,30)(H,31,32)/p-1. The third-order valence-electron chi connectivity index (χ3n) is 4.88. The Morgan fingerprint density at radius 1 is 1.30 bits per heavy atom. The SMILES string of the molecule is CC(C(=O)NCc1ccc(C(F)(F)F)nc1-n1ccnc1)c1ccc(N(C)S(=O)[O-])c(F)c1. The van der Waals surface area contributed by atoms with E-state index in [1.807, 2.05) is 0 Å². The van der Waals surface area contributed by atoms with Crippen LogP contribution in [0.15, 0.2) is 49.1 Å². The number of halogens is 4. The minimum Gasteiger partial charge on any atom is -0.755 e. The largest absolute Gasteiger partial charge is 0.755 e. The van der Waals surface area contributed by atoms with Crippen LogP contribution in [0.3, 0.4) is 0 Å². The first-order valence-electron chi connectivity index (χ1n) is 9.44. The summed E-state index contributed by atoms with van der Waals surface area (Å²) in [5, 5.41) is 2.61. The second kappa shape index (κ2) is 9.67. The molecular formula is C20H18F4N5O3S-. The van der Waals surface area contributed by atoms with E-state index in [9.17, 15) is 31.1 Å². The van der Waals surface area contributed by atoms with Gasteiger partial charge in [-0.2, -0.15) is 13.2 Å². The van der Waals surface area contributed by atoms with Crippen molar-refractivity contribution in [3.63, 3.8) is 0 Å². The number of carbonyl (C=O) groups excluding carboxylic acids is 1. The highest BCUT2D eigenvalue weighted by atomic mass is 32.2. The molecule has 3 aromatic rings. The van der Waals surface area contributed by atoms with Crippen LogP contribution in [0.5, 0.6) is 0 Å². The van der Waals surface area contributed by atoms with E-state index in [0.29, 0.717) is 15.4 Å². The van der Waals surface area contributed by atoms with Gasteiger partial charge < -0.3 is 14.2 Å². The van der Waals surface area contributed by atoms with Gasteiger partial charge in [-0.25, -0.2) is 14.4 Å². The number of nitrogens with zero attached hydrogens (tertiary/aromatic N) is 4. The highest BCUT2D eigenvalue weighted by Gasteiger charge is 2.33. The van der Waals surface area contributed by atoms with E-state index < -0.39 is 40.8 Å². The number of carbonyl (C=O) groups is 1. The number of amides is 1. The zero-order chi connectivity index (χ0) is 24.3. The van der Waals surface area contributed by atoms with Gasteiger partial charge in [0.15, 0.2) is 0 Å². The van der Waals surface area contributed by atoms with E-state index in [-0.39, 0.29) is 18.1 Å². The molecule has 0 aliphatic rings. The van der Waals surface area contributed by atoms with Gasteiger partial charge in [0.1, 0.15) is 23.7 Å². The van der Waals surface area contributed by atoms with Gasteiger partial charge in [0, 0.05) is 42.8 Å². The summed E-state index contributed by atoms with van der Waals surface area (Å²) in [6.45, 7) is 1.38. The number of nitrogens with one attached hydrogen (secondary N) is 1. The summed E-state index contributed by atoms with van der Waals surface area (Å²) in [5.41, 5.74) is -0.670. The van der Waals surface area contributed by atoms with Gasteiger partial charge in [0.05, 0.1) is 11.6 Å². The number of imidazole rings is 1. The second-order valence-electron chi connectivity index (χ2n) is 7.01. The minimum atomic E-state index is -4.64. The Kier molecular flexibility index (Phi) is 7.12. The Morgan fingerprint density at radius 2 is 2.03 bits per heavy atom. The van der Waals surface area contributed by atoms with Crippen LogP contribution in [-0.4, -0.2) is 36.3 Å². The normalized spacial score (nSPS) is 13.4. The highest BCUT2D eigenvalue weighted by molar-refractivity contribution is 7.80. The molecule has 2 atom stereocenters. The lowest BCUT2D eigenvalue weighted by molar-refractivity contribution is -0.141. The fraction of sp³-hybridized carbons (Fsp3) is 0.250. The van der Waals surface area contributed by atoms with E-state index in [2.05, 4.69) is 15.3 Å². The highest BCUT2D eigenvalue weighted by Crippen LogP contribution is 2.29. The van der Waals surface area contributed by atoms with Crippen molar-refractivity contribution in [2.75, 3.05) is 11.4 Å². The monoisotopic (exact) mass is 484 g/mol. The van der Waals surface area contributed by atoms with Crippen LogP contribution in [0.25, 0.3) is 5.82 Å². The van der Waals surface area contributed by atoms with Crippen LogP contribution in [0.1, 0.15) is 29.7 Å². The molecule has 0 aliphatic heterocycles. The number of benzene rings is 1. The summed E-state index contributed by atoms with van der Waals surface area (Å²) >= 11 is -2.66. The Labute approximate surface area is 188 Å². The van der Waals surface area contributed by atoms with Gasteiger partial charge in [-0.05, 0) is 30.7 Å². The fourth-order valence-electron chi connectivity index (χ4n) is 3.00. The van der Waals surface area contributed by atoms with Crippen molar-refractivity contribution >= 4 is 22.9 Å². The summed E-state index contributed by atoms with van der Waals surface area (Å²) in [6, 6.07) is 5.74. The molecular weight excluding hydrogens is 466 g/mol. The minimum absolute atomic E-state index is 0.0423. The molecule has 0 saturated heterocycles. The Morgan fingerprint density at radius 3 is 2.61 bits per heavy atom. The quantitative estimate of drug-likeness (QED) is 0.410. The zero-order valence-corrected chi connectivity index (χ0v) is 18.2. The van der Waals surface area contributed by atoms with Gasteiger partial charge in [-0.3, -0.25) is 13.6 Å². The lowest BCUT2D eigenvalue weighted by atomic mass is 9.99. The number of rotatable bonds is 7. The molecule has 1 amide bonds. The molecule has 33 heavy (non-hydrogen) atoms. The lowest BCUT2D eigenvalue weighted by Gasteiger charge is -2.22. The number of anilines is 1. The first kappa shape index (κ1) is 24.3. The predicted octanol–water partition coefficient (Wildman–Crippen LogP) is 3.08. The maximum Gasteiger partial charge on any atom is 0.433 e. The van der Waals surface area contributed by atoms with E-state index in [4.69, 9.17) is 0 Å². The van der Waals surface area contributed by atoms with Gasteiger partial charge in [0.25, 0.3) is 0 Å². The molecule has 2 heterocycles. The fourth-order valence-corrected chi connectivity index (χ4v) is 3.30. The van der Waals surface area contributed by atoms with E-state index in [1.54, 1.807) is 0 Å². The molecule has 2 unspecified atom stereocenters. The summed E-state index contributed by atoms with van der Waals surface area (Å²) in [7, 11) is 1.17. The maximum absolute atomic E-state index is 14.3. The van der Waals surface area contributed by atoms with Crippen LogP contribution in [-0.2, 0) is 28.8 Å². The van der Waals surface area contributed by atoms with Crippen molar-refractivity contribution in [2.45, 2.75) is 25.6 Å². The van der Waals surface area contributed by atoms with Gasteiger partial charge in [0.2, 0.25) is 5.91 Å². The van der Waals surface area contributed by atoms with Crippen molar-refractivity contribution in [1.82, 2.24) is 19.9 Å². The van der Waals surface area contributed by atoms with Crippen LogP contribution >= 0.6 is 0 Å². The Bertz CT molecular complexity index is 1170. The van der Waals surface area contributed by atoms with Gasteiger partial charge in [-0.1, -0.05) is 12.1 Å². The smallest absolute Gasteiger partial charge is 0.433 e. The van der Waals surface area contributed by atoms with Crippen molar-refractivity contribution in [1.29, 1.82) is 0 Å². The maximum atomic E-state index is 14.3. The molecule has 0 saturated carbocycles. The van der Waals surface area contributed by atoms with Crippen LogP contribution in [0.2, 0.25) is 0 Å². The average Bonchev–Trinajstić information content (AvgIpc) is 3.30. The third kappa shape index (κ3) is 5.54. The van der Waals surface area contributed by atoms with Crippen LogP contribution < -0.4 is 9.62 Å². The molecule has 176 valence electrons. The molecule has 1 aromatic carbocycles. The average molecular weight is 484 g/mol. The zero-order valence-electron chi connectivity index (χ0n) is 17.3. The molecule has 3 rings (SSSR count). The molecule has 8 nitrogen and oxygen atoms in total. The van der Waals surface area contributed by atoms with Crippen molar-refractivity contribution in [3.8, 4) is 5.82 Å². The molecule has 0 bridgehead atoms. The van der Waals surface area contributed by atoms with Crippen molar-refractivity contribution < 1.29 is 31.1 Å². The second-order valence-corrected chi connectivity index (χ2v) is 7.99.